The molecule has 0 bridgehead atoms. The first-order valence-electron chi connectivity index (χ1n) is 8.14. The molecule has 0 spiro atoms. The van der Waals surface area contributed by atoms with Crippen molar-refractivity contribution in [2.24, 2.45) is 0 Å². The van der Waals surface area contributed by atoms with Crippen molar-refractivity contribution < 1.29 is 14.3 Å². The van der Waals surface area contributed by atoms with E-state index in [9.17, 15) is 4.79 Å². The maximum atomic E-state index is 12.1. The van der Waals surface area contributed by atoms with E-state index in [1.165, 1.54) is 11.8 Å². The number of hydrogen-bond acceptors (Lipinski definition) is 6. The summed E-state index contributed by atoms with van der Waals surface area (Å²) in [6.45, 7) is 0.659. The minimum absolute atomic E-state index is 0.0927. The van der Waals surface area contributed by atoms with Gasteiger partial charge in [-0.3, -0.25) is 9.89 Å². The van der Waals surface area contributed by atoms with Crippen molar-refractivity contribution >= 4 is 33.6 Å². The standard InChI is InChI=1S/C18H15BrN4O3S/c19-13-4-2-1-3-12(13)17-21-18(23-22-17)27-9-16(24)20-8-11-5-6-14-15(7-11)26-10-25-14/h1-7H,8-10H2,(H,20,24)(H,21,22,23). The maximum Gasteiger partial charge on any atom is 0.231 e. The number of fused-ring (bicyclic) bond motifs is 1. The lowest BCUT2D eigenvalue weighted by atomic mass is 10.2. The van der Waals surface area contributed by atoms with Gasteiger partial charge in [-0.25, -0.2) is 4.98 Å². The Hall–Kier alpha value is -2.52. The Morgan fingerprint density at radius 1 is 1.22 bits per heavy atom. The Morgan fingerprint density at radius 3 is 2.96 bits per heavy atom. The minimum atomic E-state index is -0.0927. The van der Waals surface area contributed by atoms with Crippen LogP contribution in [0.25, 0.3) is 11.4 Å². The Bertz CT molecular complexity index is 979. The molecule has 0 fully saturated rings. The summed E-state index contributed by atoms with van der Waals surface area (Å²) in [4.78, 5) is 16.5. The molecule has 3 aromatic rings. The van der Waals surface area contributed by atoms with Crippen LogP contribution in [-0.4, -0.2) is 33.6 Å². The molecule has 1 amide bonds. The average molecular weight is 447 g/mol. The van der Waals surface area contributed by atoms with Gasteiger partial charge in [-0.05, 0) is 23.8 Å². The molecule has 2 aromatic carbocycles. The number of aromatic nitrogens is 3. The van der Waals surface area contributed by atoms with Gasteiger partial charge in [0, 0.05) is 16.6 Å². The van der Waals surface area contributed by atoms with Crippen LogP contribution in [0.15, 0.2) is 52.1 Å². The lowest BCUT2D eigenvalue weighted by Crippen LogP contribution is -2.24. The Balaban J connectivity index is 1.29. The van der Waals surface area contributed by atoms with Crippen molar-refractivity contribution in [3.8, 4) is 22.9 Å². The number of benzene rings is 2. The van der Waals surface area contributed by atoms with Gasteiger partial charge >= 0.3 is 0 Å². The first-order chi connectivity index (χ1) is 13.2. The number of rotatable bonds is 6. The fourth-order valence-electron chi connectivity index (χ4n) is 2.52. The first-order valence-corrected chi connectivity index (χ1v) is 9.92. The maximum absolute atomic E-state index is 12.1. The molecular formula is C18H15BrN4O3S. The number of amides is 1. The second-order valence-corrected chi connectivity index (χ2v) is 7.50. The second-order valence-electron chi connectivity index (χ2n) is 5.70. The van der Waals surface area contributed by atoms with Crippen molar-refractivity contribution in [1.29, 1.82) is 0 Å². The topological polar surface area (TPSA) is 89.1 Å². The smallest absolute Gasteiger partial charge is 0.231 e. The van der Waals surface area contributed by atoms with Crippen LogP contribution in [0.4, 0.5) is 0 Å². The Labute approximate surface area is 168 Å². The number of carbonyl (C=O) groups is 1. The zero-order chi connectivity index (χ0) is 18.6. The summed E-state index contributed by atoms with van der Waals surface area (Å²) in [7, 11) is 0. The molecule has 0 radical (unpaired) electrons. The lowest BCUT2D eigenvalue weighted by Gasteiger charge is -2.05. The number of ether oxygens (including phenoxy) is 2. The van der Waals surface area contributed by atoms with E-state index < -0.39 is 0 Å². The Morgan fingerprint density at radius 2 is 2.07 bits per heavy atom. The van der Waals surface area contributed by atoms with Gasteiger partial charge in [-0.15, -0.1) is 5.10 Å². The summed E-state index contributed by atoms with van der Waals surface area (Å²) in [5.41, 5.74) is 1.87. The fraction of sp³-hybridized carbons (Fsp3) is 0.167. The van der Waals surface area contributed by atoms with Gasteiger partial charge in [0.25, 0.3) is 0 Å². The SMILES string of the molecule is O=C(CSc1n[nH]c(-c2ccccc2Br)n1)NCc1ccc2c(c1)OCO2. The number of nitrogens with one attached hydrogen (secondary N) is 2. The van der Waals surface area contributed by atoms with Crippen molar-refractivity contribution in [2.45, 2.75) is 11.7 Å². The zero-order valence-electron chi connectivity index (χ0n) is 14.1. The number of nitrogens with zero attached hydrogens (tertiary/aromatic N) is 2. The summed E-state index contributed by atoms with van der Waals surface area (Å²) < 4.78 is 11.5. The molecule has 2 N–H and O–H groups in total. The fourth-order valence-corrected chi connectivity index (χ4v) is 3.62. The number of halogens is 1. The van der Waals surface area contributed by atoms with Crippen LogP contribution in [0.3, 0.4) is 0 Å². The third-order valence-electron chi connectivity index (χ3n) is 3.85. The molecule has 0 unspecified atom stereocenters. The molecule has 9 heteroatoms. The van der Waals surface area contributed by atoms with E-state index in [0.29, 0.717) is 23.3 Å². The van der Waals surface area contributed by atoms with Gasteiger partial charge < -0.3 is 14.8 Å². The van der Waals surface area contributed by atoms with Crippen LogP contribution in [0.1, 0.15) is 5.56 Å². The van der Waals surface area contributed by atoms with Crippen LogP contribution >= 0.6 is 27.7 Å². The van der Waals surface area contributed by atoms with E-state index in [1.807, 2.05) is 42.5 Å². The van der Waals surface area contributed by atoms with Gasteiger partial charge in [0.15, 0.2) is 17.3 Å². The van der Waals surface area contributed by atoms with Gasteiger partial charge in [-0.2, -0.15) is 0 Å². The summed E-state index contributed by atoms with van der Waals surface area (Å²) in [5, 5.41) is 10.5. The molecule has 0 saturated carbocycles. The average Bonchev–Trinajstić information content (AvgIpc) is 3.34. The van der Waals surface area contributed by atoms with E-state index in [2.05, 4.69) is 36.4 Å². The van der Waals surface area contributed by atoms with E-state index in [-0.39, 0.29) is 18.5 Å². The molecule has 0 saturated heterocycles. The van der Waals surface area contributed by atoms with E-state index in [1.54, 1.807) is 0 Å². The highest BCUT2D eigenvalue weighted by molar-refractivity contribution is 9.10. The molecule has 7 nitrogen and oxygen atoms in total. The van der Waals surface area contributed by atoms with E-state index in [0.717, 1.165) is 21.3 Å². The molecule has 1 aliphatic heterocycles. The van der Waals surface area contributed by atoms with Crippen LogP contribution in [0.5, 0.6) is 11.5 Å². The van der Waals surface area contributed by atoms with Crippen LogP contribution in [0.2, 0.25) is 0 Å². The van der Waals surface area contributed by atoms with E-state index in [4.69, 9.17) is 9.47 Å². The van der Waals surface area contributed by atoms with Crippen molar-refractivity contribution in [3.63, 3.8) is 0 Å². The zero-order valence-corrected chi connectivity index (χ0v) is 16.5. The number of H-pyrrole nitrogens is 1. The van der Waals surface area contributed by atoms with Gasteiger partial charge in [0.1, 0.15) is 0 Å². The monoisotopic (exact) mass is 446 g/mol. The minimum Gasteiger partial charge on any atom is -0.454 e. The number of hydrogen-bond donors (Lipinski definition) is 2. The largest absolute Gasteiger partial charge is 0.454 e. The van der Waals surface area contributed by atoms with Crippen molar-refractivity contribution in [3.05, 3.63) is 52.5 Å². The van der Waals surface area contributed by atoms with Crippen molar-refractivity contribution in [1.82, 2.24) is 20.5 Å². The molecular weight excluding hydrogens is 432 g/mol. The lowest BCUT2D eigenvalue weighted by molar-refractivity contribution is -0.118. The van der Waals surface area contributed by atoms with Crippen molar-refractivity contribution in [2.75, 3.05) is 12.5 Å². The molecule has 2 heterocycles. The highest BCUT2D eigenvalue weighted by Gasteiger charge is 2.14. The number of carbonyl (C=O) groups excluding carboxylic acids is 1. The number of thioether (sulfide) groups is 1. The van der Waals surface area contributed by atoms with E-state index >= 15 is 0 Å². The predicted octanol–water partition coefficient (Wildman–Crippen LogP) is 3.37. The third-order valence-corrected chi connectivity index (χ3v) is 5.39. The Kier molecular flexibility index (Phi) is 5.30. The summed E-state index contributed by atoms with van der Waals surface area (Å²) in [5.74, 6) is 2.23. The second kappa shape index (κ2) is 8.01. The highest BCUT2D eigenvalue weighted by atomic mass is 79.9. The highest BCUT2D eigenvalue weighted by Crippen LogP contribution is 2.32. The molecule has 138 valence electrons. The summed E-state index contributed by atoms with van der Waals surface area (Å²) in [6.07, 6.45) is 0. The molecule has 0 atom stereocenters. The van der Waals surface area contributed by atoms with Crippen LogP contribution in [-0.2, 0) is 11.3 Å². The molecule has 0 aliphatic carbocycles. The molecule has 27 heavy (non-hydrogen) atoms. The molecule has 4 rings (SSSR count). The quantitative estimate of drug-likeness (QED) is 0.564. The number of aromatic amines is 1. The molecule has 1 aromatic heterocycles. The van der Waals surface area contributed by atoms with Crippen LogP contribution < -0.4 is 14.8 Å². The van der Waals surface area contributed by atoms with Gasteiger partial charge in [0.2, 0.25) is 17.9 Å². The third kappa shape index (κ3) is 4.25. The van der Waals surface area contributed by atoms with Gasteiger partial charge in [0.05, 0.1) is 5.75 Å². The summed E-state index contributed by atoms with van der Waals surface area (Å²) in [6, 6.07) is 13.4. The molecule has 1 aliphatic rings. The predicted molar refractivity (Wildman–Crippen MR) is 105 cm³/mol. The van der Waals surface area contributed by atoms with Gasteiger partial charge in [-0.1, -0.05) is 52.0 Å². The first kappa shape index (κ1) is 17.9. The van der Waals surface area contributed by atoms with Crippen LogP contribution in [0, 0.1) is 0 Å². The normalized spacial score (nSPS) is 12.2. The summed E-state index contributed by atoms with van der Waals surface area (Å²) >= 11 is 4.77.